The molecule has 0 bridgehead atoms. The first kappa shape index (κ1) is 12.7. The smallest absolute Gasteiger partial charge is 0.270 e. The van der Waals surface area contributed by atoms with Crippen molar-refractivity contribution in [3.63, 3.8) is 0 Å². The van der Waals surface area contributed by atoms with Gasteiger partial charge in [0.2, 0.25) is 5.91 Å². The molecule has 0 radical (unpaired) electrons. The summed E-state index contributed by atoms with van der Waals surface area (Å²) in [7, 11) is 0. The molecule has 0 aromatic carbocycles. The highest BCUT2D eigenvalue weighted by Crippen LogP contribution is 2.09. The Morgan fingerprint density at radius 2 is 2.28 bits per heavy atom. The highest BCUT2D eigenvalue weighted by molar-refractivity contribution is 5.93. The van der Waals surface area contributed by atoms with E-state index in [1.807, 2.05) is 22.9 Å². The van der Waals surface area contributed by atoms with Crippen molar-refractivity contribution in [3.8, 4) is 0 Å². The van der Waals surface area contributed by atoms with Gasteiger partial charge < -0.3 is 14.8 Å². The van der Waals surface area contributed by atoms with Crippen LogP contribution in [0.5, 0.6) is 0 Å². The van der Waals surface area contributed by atoms with Gasteiger partial charge in [0.1, 0.15) is 5.69 Å². The van der Waals surface area contributed by atoms with Crippen LogP contribution in [0.3, 0.4) is 0 Å². The average Bonchev–Trinajstić information content (AvgIpc) is 2.70. The van der Waals surface area contributed by atoms with Crippen molar-refractivity contribution in [3.05, 3.63) is 24.0 Å². The number of carbonyl (C=O) groups is 2. The molecule has 1 fully saturated rings. The fourth-order valence-corrected chi connectivity index (χ4v) is 2.18. The van der Waals surface area contributed by atoms with Gasteiger partial charge in [0, 0.05) is 38.8 Å². The molecule has 2 amide bonds. The van der Waals surface area contributed by atoms with Gasteiger partial charge in [-0.25, -0.2) is 0 Å². The van der Waals surface area contributed by atoms with Crippen LogP contribution in [0.1, 0.15) is 30.3 Å². The molecule has 0 aliphatic carbocycles. The van der Waals surface area contributed by atoms with Crippen LogP contribution < -0.4 is 5.32 Å². The van der Waals surface area contributed by atoms with Crippen LogP contribution in [0, 0.1) is 0 Å². The van der Waals surface area contributed by atoms with Crippen LogP contribution in [-0.2, 0) is 11.3 Å². The Bertz CT molecular complexity index is 439. The largest absolute Gasteiger partial charge is 0.354 e. The summed E-state index contributed by atoms with van der Waals surface area (Å²) in [6.45, 7) is 4.56. The van der Waals surface area contributed by atoms with Crippen LogP contribution >= 0.6 is 0 Å². The Balaban J connectivity index is 2.10. The number of aryl methyl sites for hydroxylation is 1. The summed E-state index contributed by atoms with van der Waals surface area (Å²) in [5.41, 5.74) is 0.714. The van der Waals surface area contributed by atoms with Gasteiger partial charge in [-0.1, -0.05) is 6.92 Å². The number of rotatable bonds is 3. The summed E-state index contributed by atoms with van der Waals surface area (Å²) in [6.07, 6.45) is 3.31. The van der Waals surface area contributed by atoms with E-state index in [2.05, 4.69) is 12.2 Å². The molecule has 0 spiro atoms. The second kappa shape index (κ2) is 5.71. The molecule has 1 aromatic rings. The third-order valence-corrected chi connectivity index (χ3v) is 3.11. The van der Waals surface area contributed by atoms with E-state index in [1.54, 1.807) is 4.90 Å². The molecule has 98 valence electrons. The predicted octanol–water partition coefficient (Wildman–Crippen LogP) is 0.860. The van der Waals surface area contributed by atoms with Crippen molar-refractivity contribution in [2.45, 2.75) is 26.3 Å². The first-order valence-corrected chi connectivity index (χ1v) is 6.43. The number of nitrogens with one attached hydrogen (secondary N) is 1. The maximum atomic E-state index is 12.4. The predicted molar refractivity (Wildman–Crippen MR) is 68.3 cm³/mol. The second-order valence-electron chi connectivity index (χ2n) is 4.48. The van der Waals surface area contributed by atoms with E-state index < -0.39 is 0 Å². The molecule has 1 aliphatic rings. The third kappa shape index (κ3) is 2.72. The van der Waals surface area contributed by atoms with Crippen LogP contribution in [0.4, 0.5) is 0 Å². The van der Waals surface area contributed by atoms with Crippen molar-refractivity contribution in [2.24, 2.45) is 0 Å². The topological polar surface area (TPSA) is 54.3 Å². The first-order chi connectivity index (χ1) is 8.72. The molecule has 0 unspecified atom stereocenters. The van der Waals surface area contributed by atoms with Gasteiger partial charge >= 0.3 is 0 Å². The normalized spacial score (nSPS) is 16.3. The molecule has 2 rings (SSSR count). The van der Waals surface area contributed by atoms with E-state index >= 15 is 0 Å². The minimum absolute atomic E-state index is 0.0185. The number of nitrogens with zero attached hydrogens (tertiary/aromatic N) is 2. The summed E-state index contributed by atoms with van der Waals surface area (Å²) in [6, 6.07) is 3.74. The van der Waals surface area contributed by atoms with Gasteiger partial charge in [-0.2, -0.15) is 0 Å². The van der Waals surface area contributed by atoms with Gasteiger partial charge in [0.25, 0.3) is 5.91 Å². The Morgan fingerprint density at radius 3 is 3.06 bits per heavy atom. The SMILES string of the molecule is CCCn1cccc1C(=O)N1CCNC(=O)CC1. The van der Waals surface area contributed by atoms with Crippen molar-refractivity contribution >= 4 is 11.8 Å². The van der Waals surface area contributed by atoms with Gasteiger partial charge in [-0.15, -0.1) is 0 Å². The summed E-state index contributed by atoms with van der Waals surface area (Å²) < 4.78 is 1.97. The fraction of sp³-hybridized carbons (Fsp3) is 0.538. The summed E-state index contributed by atoms with van der Waals surface area (Å²) in [5, 5.41) is 2.77. The molecular formula is C13H19N3O2. The number of carbonyl (C=O) groups excluding carboxylic acids is 2. The molecule has 2 heterocycles. The second-order valence-corrected chi connectivity index (χ2v) is 4.48. The number of hydrogen-bond donors (Lipinski definition) is 1. The Morgan fingerprint density at radius 1 is 1.44 bits per heavy atom. The Kier molecular flexibility index (Phi) is 4.02. The zero-order valence-corrected chi connectivity index (χ0v) is 10.7. The van der Waals surface area contributed by atoms with E-state index in [9.17, 15) is 9.59 Å². The molecule has 1 aliphatic heterocycles. The lowest BCUT2D eigenvalue weighted by Crippen LogP contribution is -2.35. The Labute approximate surface area is 107 Å². The minimum Gasteiger partial charge on any atom is -0.354 e. The molecule has 0 saturated carbocycles. The summed E-state index contributed by atoms with van der Waals surface area (Å²) >= 11 is 0. The van der Waals surface area contributed by atoms with Crippen molar-refractivity contribution in [1.29, 1.82) is 0 Å². The van der Waals surface area contributed by atoms with Crippen LogP contribution in [0.15, 0.2) is 18.3 Å². The van der Waals surface area contributed by atoms with Crippen molar-refractivity contribution in [1.82, 2.24) is 14.8 Å². The van der Waals surface area contributed by atoms with Crippen LogP contribution in [0.25, 0.3) is 0 Å². The molecular weight excluding hydrogens is 230 g/mol. The van der Waals surface area contributed by atoms with E-state index in [0.29, 0.717) is 31.7 Å². The third-order valence-electron chi connectivity index (χ3n) is 3.11. The molecule has 0 atom stereocenters. The molecule has 1 aromatic heterocycles. The van der Waals surface area contributed by atoms with Crippen molar-refractivity contribution in [2.75, 3.05) is 19.6 Å². The zero-order chi connectivity index (χ0) is 13.0. The monoisotopic (exact) mass is 249 g/mol. The van der Waals surface area contributed by atoms with Crippen molar-refractivity contribution < 1.29 is 9.59 Å². The van der Waals surface area contributed by atoms with Gasteiger partial charge in [-0.3, -0.25) is 9.59 Å². The molecule has 18 heavy (non-hydrogen) atoms. The lowest BCUT2D eigenvalue weighted by Gasteiger charge is -2.20. The number of aromatic nitrogens is 1. The van der Waals surface area contributed by atoms with Gasteiger partial charge in [0.05, 0.1) is 0 Å². The molecule has 1 N–H and O–H groups in total. The maximum absolute atomic E-state index is 12.4. The summed E-state index contributed by atoms with van der Waals surface area (Å²) in [4.78, 5) is 25.4. The van der Waals surface area contributed by atoms with E-state index in [-0.39, 0.29) is 11.8 Å². The lowest BCUT2D eigenvalue weighted by molar-refractivity contribution is -0.120. The number of hydrogen-bond acceptors (Lipinski definition) is 2. The molecule has 1 saturated heterocycles. The summed E-state index contributed by atoms with van der Waals surface area (Å²) in [5.74, 6) is 0.0409. The quantitative estimate of drug-likeness (QED) is 0.864. The van der Waals surface area contributed by atoms with Crippen LogP contribution in [-0.4, -0.2) is 40.9 Å². The minimum atomic E-state index is 0.0185. The van der Waals surface area contributed by atoms with E-state index in [0.717, 1.165) is 13.0 Å². The fourth-order valence-electron chi connectivity index (χ4n) is 2.18. The molecule has 5 heteroatoms. The Hall–Kier alpha value is -1.78. The average molecular weight is 249 g/mol. The maximum Gasteiger partial charge on any atom is 0.270 e. The zero-order valence-electron chi connectivity index (χ0n) is 10.7. The van der Waals surface area contributed by atoms with Gasteiger partial charge in [0.15, 0.2) is 0 Å². The van der Waals surface area contributed by atoms with E-state index in [4.69, 9.17) is 0 Å². The van der Waals surface area contributed by atoms with Gasteiger partial charge in [-0.05, 0) is 18.6 Å². The van der Waals surface area contributed by atoms with Crippen LogP contribution in [0.2, 0.25) is 0 Å². The lowest BCUT2D eigenvalue weighted by atomic mass is 10.3. The highest BCUT2D eigenvalue weighted by atomic mass is 16.2. The standard InChI is InChI=1S/C13H19N3O2/c1-2-7-15-8-3-4-11(15)13(18)16-9-5-12(17)14-6-10-16/h3-4,8H,2,5-7,9-10H2,1H3,(H,14,17). The molecule has 5 nitrogen and oxygen atoms in total. The number of amides is 2. The van der Waals surface area contributed by atoms with E-state index in [1.165, 1.54) is 0 Å². The first-order valence-electron chi connectivity index (χ1n) is 6.43. The highest BCUT2D eigenvalue weighted by Gasteiger charge is 2.21.